The zero-order valence-corrected chi connectivity index (χ0v) is 17.7. The van der Waals surface area contributed by atoms with Crippen LogP contribution in [0, 0.1) is 11.7 Å². The zero-order valence-electron chi connectivity index (χ0n) is 16.9. The largest absolute Gasteiger partial charge is 0.353 e. The van der Waals surface area contributed by atoms with E-state index in [1.165, 1.54) is 0 Å². The number of amides is 1. The quantitative estimate of drug-likeness (QED) is 0.792. The summed E-state index contributed by atoms with van der Waals surface area (Å²) in [6.45, 7) is 2.63. The molecule has 0 spiro atoms. The molecule has 2 aliphatic heterocycles. The van der Waals surface area contributed by atoms with Crippen molar-refractivity contribution in [2.45, 2.75) is 56.4 Å². The highest BCUT2D eigenvalue weighted by atomic mass is 32.2. The molecule has 1 aromatic carbocycles. The van der Waals surface area contributed by atoms with Gasteiger partial charge < -0.3 is 10.2 Å². The highest BCUT2D eigenvalue weighted by Crippen LogP contribution is 2.43. The van der Waals surface area contributed by atoms with Crippen LogP contribution < -0.4 is 5.32 Å². The van der Waals surface area contributed by atoms with Gasteiger partial charge in [-0.05, 0) is 43.7 Å². The van der Waals surface area contributed by atoms with Crippen LogP contribution in [0.3, 0.4) is 0 Å². The van der Waals surface area contributed by atoms with E-state index in [-0.39, 0.29) is 40.6 Å². The fraction of sp³-hybridized carbons (Fsp3) is 0.682. The van der Waals surface area contributed by atoms with Gasteiger partial charge in [0.15, 0.2) is 9.84 Å². The molecule has 1 N–H and O–H groups in total. The van der Waals surface area contributed by atoms with E-state index in [2.05, 4.69) is 10.2 Å². The van der Waals surface area contributed by atoms with Crippen molar-refractivity contribution in [1.82, 2.24) is 10.2 Å². The number of carbonyl (C=O) groups is 1. The maximum absolute atomic E-state index is 14.5. The van der Waals surface area contributed by atoms with Crippen LogP contribution in [0.25, 0.3) is 0 Å². The predicted molar refractivity (Wildman–Crippen MR) is 111 cm³/mol. The molecule has 3 fully saturated rings. The van der Waals surface area contributed by atoms with Gasteiger partial charge >= 0.3 is 0 Å². The first kappa shape index (κ1) is 20.8. The zero-order chi connectivity index (χ0) is 20.5. The van der Waals surface area contributed by atoms with E-state index in [0.29, 0.717) is 6.42 Å². The summed E-state index contributed by atoms with van der Waals surface area (Å²) in [6.07, 6.45) is 6.51. The molecule has 2 saturated heterocycles. The maximum atomic E-state index is 14.5. The highest BCUT2D eigenvalue weighted by Gasteiger charge is 2.40. The minimum Gasteiger partial charge on any atom is -0.353 e. The van der Waals surface area contributed by atoms with Crippen LogP contribution in [0.15, 0.2) is 24.3 Å². The van der Waals surface area contributed by atoms with Gasteiger partial charge in [-0.25, -0.2) is 12.8 Å². The van der Waals surface area contributed by atoms with Crippen LogP contribution in [0.4, 0.5) is 4.39 Å². The fourth-order valence-electron chi connectivity index (χ4n) is 5.44. The minimum atomic E-state index is -3.04. The van der Waals surface area contributed by atoms with Gasteiger partial charge in [0.1, 0.15) is 5.82 Å². The van der Waals surface area contributed by atoms with Crippen molar-refractivity contribution in [1.29, 1.82) is 0 Å². The van der Waals surface area contributed by atoms with Crippen LogP contribution >= 0.6 is 0 Å². The van der Waals surface area contributed by atoms with Crippen molar-refractivity contribution in [2.24, 2.45) is 5.92 Å². The lowest BCUT2D eigenvalue weighted by Gasteiger charge is -2.40. The number of sulfone groups is 1. The van der Waals surface area contributed by atoms with Gasteiger partial charge in [-0.1, -0.05) is 31.0 Å². The number of benzene rings is 1. The van der Waals surface area contributed by atoms with Crippen molar-refractivity contribution >= 4 is 15.7 Å². The van der Waals surface area contributed by atoms with E-state index in [0.717, 1.165) is 63.7 Å². The van der Waals surface area contributed by atoms with E-state index < -0.39 is 9.84 Å². The average molecular weight is 423 g/mol. The molecular formula is C22H31FN2O3S. The van der Waals surface area contributed by atoms with Gasteiger partial charge in [0, 0.05) is 31.1 Å². The SMILES string of the molecule is O=C(NC1CCN(CC2(c3ccccc3F)CCCC2)CC1)C1CCS(=O)(=O)C1. The highest BCUT2D eigenvalue weighted by molar-refractivity contribution is 7.91. The summed E-state index contributed by atoms with van der Waals surface area (Å²) in [5, 5.41) is 3.07. The number of nitrogens with one attached hydrogen (secondary N) is 1. The Morgan fingerprint density at radius 1 is 1.14 bits per heavy atom. The van der Waals surface area contributed by atoms with Crippen molar-refractivity contribution in [3.8, 4) is 0 Å². The Hall–Kier alpha value is -1.47. The lowest BCUT2D eigenvalue weighted by Crippen LogP contribution is -2.49. The Kier molecular flexibility index (Phi) is 5.98. The van der Waals surface area contributed by atoms with Crippen LogP contribution in [0.5, 0.6) is 0 Å². The number of hydrogen-bond acceptors (Lipinski definition) is 4. The molecule has 7 heteroatoms. The molecule has 1 saturated carbocycles. The summed E-state index contributed by atoms with van der Waals surface area (Å²) < 4.78 is 37.7. The average Bonchev–Trinajstić information content (AvgIpc) is 3.30. The summed E-state index contributed by atoms with van der Waals surface area (Å²) in [4.78, 5) is 14.8. The van der Waals surface area contributed by atoms with E-state index in [1.807, 2.05) is 12.1 Å². The van der Waals surface area contributed by atoms with E-state index >= 15 is 0 Å². The van der Waals surface area contributed by atoms with Gasteiger partial charge in [-0.15, -0.1) is 0 Å². The van der Waals surface area contributed by atoms with Crippen LogP contribution in [0.1, 0.15) is 50.5 Å². The molecular weight excluding hydrogens is 391 g/mol. The van der Waals surface area contributed by atoms with Crippen molar-refractivity contribution in [3.05, 3.63) is 35.6 Å². The molecule has 0 aromatic heterocycles. The van der Waals surface area contributed by atoms with Crippen molar-refractivity contribution in [3.63, 3.8) is 0 Å². The third-order valence-electron chi connectivity index (χ3n) is 7.07. The molecule has 5 nitrogen and oxygen atoms in total. The summed E-state index contributed by atoms with van der Waals surface area (Å²) in [6, 6.07) is 7.31. The molecule has 1 aliphatic carbocycles. The molecule has 160 valence electrons. The van der Waals surface area contributed by atoms with Crippen LogP contribution in [-0.2, 0) is 20.0 Å². The monoisotopic (exact) mass is 422 g/mol. The molecule has 1 unspecified atom stereocenters. The van der Waals surface area contributed by atoms with Crippen molar-refractivity contribution in [2.75, 3.05) is 31.1 Å². The summed E-state index contributed by atoms with van der Waals surface area (Å²) in [7, 11) is -3.04. The second-order valence-electron chi connectivity index (χ2n) is 9.13. The standard InChI is InChI=1S/C22H31FN2O3S/c23-20-6-2-1-5-19(20)22(10-3-4-11-22)16-25-12-7-18(8-13-25)24-21(26)17-9-14-29(27,28)15-17/h1-2,5-6,17-18H,3-4,7-16H2,(H,24,26). The second-order valence-corrected chi connectivity index (χ2v) is 11.4. The Labute approximate surface area is 173 Å². The molecule has 3 aliphatic rings. The number of rotatable bonds is 5. The first-order valence-corrected chi connectivity index (χ1v) is 12.7. The lowest BCUT2D eigenvalue weighted by atomic mass is 9.77. The van der Waals surface area contributed by atoms with Gasteiger partial charge in [-0.3, -0.25) is 4.79 Å². The third kappa shape index (κ3) is 4.66. The summed E-state index contributed by atoms with van der Waals surface area (Å²) >= 11 is 0. The second kappa shape index (κ2) is 8.34. The molecule has 1 aromatic rings. The Bertz CT molecular complexity index is 843. The first-order valence-electron chi connectivity index (χ1n) is 10.9. The molecule has 2 heterocycles. The Balaban J connectivity index is 1.32. The normalized spacial score (nSPS) is 27.1. The minimum absolute atomic E-state index is 0.0111. The van der Waals surface area contributed by atoms with Crippen LogP contribution in [0.2, 0.25) is 0 Å². The number of nitrogens with zero attached hydrogens (tertiary/aromatic N) is 1. The molecule has 0 bridgehead atoms. The van der Waals surface area contributed by atoms with E-state index in [1.54, 1.807) is 12.1 Å². The number of hydrogen-bond donors (Lipinski definition) is 1. The Morgan fingerprint density at radius 3 is 2.45 bits per heavy atom. The number of piperidine rings is 1. The maximum Gasteiger partial charge on any atom is 0.224 e. The van der Waals surface area contributed by atoms with Gasteiger partial charge in [-0.2, -0.15) is 0 Å². The van der Waals surface area contributed by atoms with Gasteiger partial charge in [0.2, 0.25) is 5.91 Å². The number of likely N-dealkylation sites (tertiary alicyclic amines) is 1. The van der Waals surface area contributed by atoms with Crippen LogP contribution in [-0.4, -0.2) is 56.4 Å². The molecule has 1 atom stereocenters. The lowest BCUT2D eigenvalue weighted by molar-refractivity contribution is -0.125. The summed E-state index contributed by atoms with van der Waals surface area (Å²) in [5.74, 6) is -0.475. The topological polar surface area (TPSA) is 66.5 Å². The molecule has 1 amide bonds. The third-order valence-corrected chi connectivity index (χ3v) is 8.84. The summed E-state index contributed by atoms with van der Waals surface area (Å²) in [5.41, 5.74) is 0.759. The molecule has 4 rings (SSSR count). The van der Waals surface area contributed by atoms with Gasteiger partial charge in [0.25, 0.3) is 0 Å². The fourth-order valence-corrected chi connectivity index (χ4v) is 7.18. The molecule has 0 radical (unpaired) electrons. The number of halogens is 1. The van der Waals surface area contributed by atoms with Crippen molar-refractivity contribution < 1.29 is 17.6 Å². The molecule has 29 heavy (non-hydrogen) atoms. The Morgan fingerprint density at radius 2 is 1.83 bits per heavy atom. The van der Waals surface area contributed by atoms with E-state index in [9.17, 15) is 17.6 Å². The smallest absolute Gasteiger partial charge is 0.224 e. The first-order chi connectivity index (χ1) is 13.9. The van der Waals surface area contributed by atoms with E-state index in [4.69, 9.17) is 0 Å². The van der Waals surface area contributed by atoms with Gasteiger partial charge in [0.05, 0.1) is 17.4 Å². The predicted octanol–water partition coefficient (Wildman–Crippen LogP) is 2.65. The number of carbonyl (C=O) groups excluding carboxylic acids is 1.